The van der Waals surface area contributed by atoms with Crippen LogP contribution < -0.4 is 14.4 Å². The summed E-state index contributed by atoms with van der Waals surface area (Å²) in [7, 11) is -4.19. The summed E-state index contributed by atoms with van der Waals surface area (Å²) in [6, 6.07) is 30.0. The predicted molar refractivity (Wildman–Crippen MR) is 180 cm³/mol. The summed E-state index contributed by atoms with van der Waals surface area (Å²) in [5, 5.41) is 3.56. The van der Waals surface area contributed by atoms with E-state index in [1.54, 1.807) is 67.6 Å². The number of carbonyl (C=O) groups is 2. The molecule has 4 aromatic carbocycles. The number of anilines is 1. The van der Waals surface area contributed by atoms with E-state index in [-0.39, 0.29) is 29.1 Å². The van der Waals surface area contributed by atoms with Crippen LogP contribution in [0.3, 0.4) is 0 Å². The Bertz CT molecular complexity index is 1710. The Morgan fingerprint density at radius 1 is 0.826 bits per heavy atom. The van der Waals surface area contributed by atoms with Crippen LogP contribution >= 0.6 is 11.6 Å². The molecule has 1 unspecified atom stereocenters. The van der Waals surface area contributed by atoms with E-state index >= 15 is 0 Å². The van der Waals surface area contributed by atoms with Crippen LogP contribution in [0, 0.1) is 0 Å². The first kappa shape index (κ1) is 33.0. The topological polar surface area (TPSA) is 96.0 Å². The second-order valence-corrected chi connectivity index (χ2v) is 13.6. The first-order chi connectivity index (χ1) is 22.2. The molecule has 46 heavy (non-hydrogen) atoms. The number of nitrogens with one attached hydrogen (secondary N) is 1. The number of sulfonamides is 1. The van der Waals surface area contributed by atoms with Gasteiger partial charge in [0, 0.05) is 17.6 Å². The summed E-state index contributed by atoms with van der Waals surface area (Å²) in [6.07, 6.45) is 5.02. The van der Waals surface area contributed by atoms with Gasteiger partial charge < -0.3 is 15.0 Å². The van der Waals surface area contributed by atoms with Gasteiger partial charge in [0.2, 0.25) is 11.8 Å². The van der Waals surface area contributed by atoms with Crippen LogP contribution in [-0.4, -0.2) is 43.8 Å². The molecule has 0 aliphatic heterocycles. The average molecular weight is 660 g/mol. The van der Waals surface area contributed by atoms with E-state index in [0.29, 0.717) is 22.1 Å². The molecule has 1 N–H and O–H groups in total. The Morgan fingerprint density at radius 3 is 2.07 bits per heavy atom. The second-order valence-electron chi connectivity index (χ2n) is 11.4. The third kappa shape index (κ3) is 8.27. The molecule has 1 aliphatic carbocycles. The number of hydrogen-bond donors (Lipinski definition) is 1. The van der Waals surface area contributed by atoms with Gasteiger partial charge in [0.25, 0.3) is 10.0 Å². The molecule has 5 rings (SSSR count). The maximum Gasteiger partial charge on any atom is 0.264 e. The van der Waals surface area contributed by atoms with E-state index in [0.717, 1.165) is 36.4 Å². The van der Waals surface area contributed by atoms with Crippen LogP contribution in [-0.2, 0) is 26.2 Å². The van der Waals surface area contributed by atoms with Gasteiger partial charge in [-0.3, -0.25) is 13.9 Å². The third-order valence-corrected chi connectivity index (χ3v) is 10.3. The lowest BCUT2D eigenvalue weighted by Gasteiger charge is -2.33. The largest absolute Gasteiger partial charge is 0.457 e. The first-order valence-corrected chi connectivity index (χ1v) is 17.3. The summed E-state index contributed by atoms with van der Waals surface area (Å²) >= 11 is 6.48. The van der Waals surface area contributed by atoms with Crippen molar-refractivity contribution in [1.82, 2.24) is 10.2 Å². The van der Waals surface area contributed by atoms with Crippen LogP contribution in [0.2, 0.25) is 5.02 Å². The molecule has 0 heterocycles. The van der Waals surface area contributed by atoms with Gasteiger partial charge >= 0.3 is 0 Å². The number of benzene rings is 4. The van der Waals surface area contributed by atoms with Gasteiger partial charge in [-0.2, -0.15) is 0 Å². The number of rotatable bonds is 12. The fraction of sp³-hybridized carbons (Fsp3) is 0.278. The summed E-state index contributed by atoms with van der Waals surface area (Å²) in [4.78, 5) is 29.2. The maximum absolute atomic E-state index is 14.2. The molecule has 10 heteroatoms. The Labute approximate surface area is 276 Å². The summed E-state index contributed by atoms with van der Waals surface area (Å²) < 4.78 is 35.1. The van der Waals surface area contributed by atoms with E-state index in [4.69, 9.17) is 16.3 Å². The SMILES string of the molecule is CC(C(=O)NC1CCCCC1)N(Cc1ccccc1Cl)C(=O)CN(c1ccc(Oc2ccccc2)cc1)S(=O)(=O)c1ccccc1. The van der Waals surface area contributed by atoms with E-state index < -0.39 is 28.5 Å². The van der Waals surface area contributed by atoms with Crippen LogP contribution in [0.5, 0.6) is 11.5 Å². The van der Waals surface area contributed by atoms with Gasteiger partial charge in [-0.25, -0.2) is 8.42 Å². The third-order valence-electron chi connectivity index (χ3n) is 8.13. The number of hydrogen-bond acceptors (Lipinski definition) is 5. The molecule has 1 aliphatic rings. The van der Waals surface area contributed by atoms with Crippen LogP contribution in [0.4, 0.5) is 5.69 Å². The van der Waals surface area contributed by atoms with Crippen LogP contribution in [0.25, 0.3) is 0 Å². The molecule has 1 saturated carbocycles. The molecule has 2 amide bonds. The number of para-hydroxylation sites is 1. The van der Waals surface area contributed by atoms with Crippen molar-refractivity contribution in [1.29, 1.82) is 0 Å². The fourth-order valence-corrected chi connectivity index (χ4v) is 7.15. The van der Waals surface area contributed by atoms with Crippen molar-refractivity contribution in [2.45, 2.75) is 62.6 Å². The Balaban J connectivity index is 1.46. The summed E-state index contributed by atoms with van der Waals surface area (Å²) in [5.74, 6) is 0.309. The highest BCUT2D eigenvalue weighted by molar-refractivity contribution is 7.92. The molecule has 240 valence electrons. The standard InChI is InChI=1S/C36H38ClN3O5S/c1-27(36(42)38-29-14-5-2-6-15-29)39(25-28-13-11-12-20-34(28)37)35(41)26-40(46(43,44)33-18-9-4-10-19-33)30-21-23-32(24-22-30)45-31-16-7-3-8-17-31/h3-4,7-13,16-24,27,29H,2,5-6,14-15,25-26H2,1H3,(H,38,42). The van der Waals surface area contributed by atoms with Crippen molar-refractivity contribution in [2.24, 2.45) is 0 Å². The van der Waals surface area contributed by atoms with Gasteiger partial charge in [-0.1, -0.05) is 85.5 Å². The quantitative estimate of drug-likeness (QED) is 0.174. The number of halogens is 1. The zero-order valence-corrected chi connectivity index (χ0v) is 27.3. The van der Waals surface area contributed by atoms with Gasteiger partial charge in [-0.05, 0) is 79.9 Å². The highest BCUT2D eigenvalue weighted by Gasteiger charge is 2.33. The number of carbonyl (C=O) groups excluding carboxylic acids is 2. The molecule has 0 spiro atoms. The summed E-state index contributed by atoms with van der Waals surface area (Å²) in [6.45, 7) is 1.15. The molecule has 0 aromatic heterocycles. The van der Waals surface area contributed by atoms with Crippen molar-refractivity contribution in [3.05, 3.63) is 120 Å². The molecular weight excluding hydrogens is 622 g/mol. The minimum absolute atomic E-state index is 0.0286. The fourth-order valence-electron chi connectivity index (χ4n) is 5.51. The molecule has 0 bridgehead atoms. The van der Waals surface area contributed by atoms with Crippen molar-refractivity contribution >= 4 is 39.1 Å². The van der Waals surface area contributed by atoms with E-state index in [9.17, 15) is 18.0 Å². The van der Waals surface area contributed by atoms with Crippen molar-refractivity contribution in [3.8, 4) is 11.5 Å². The smallest absolute Gasteiger partial charge is 0.264 e. The van der Waals surface area contributed by atoms with E-state index in [1.807, 2.05) is 36.4 Å². The van der Waals surface area contributed by atoms with Gasteiger partial charge in [0.05, 0.1) is 10.6 Å². The van der Waals surface area contributed by atoms with Gasteiger partial charge in [0.15, 0.2) is 0 Å². The number of amides is 2. The lowest BCUT2D eigenvalue weighted by atomic mass is 9.95. The van der Waals surface area contributed by atoms with E-state index in [1.165, 1.54) is 17.0 Å². The molecule has 0 saturated heterocycles. The molecule has 1 atom stereocenters. The van der Waals surface area contributed by atoms with Crippen LogP contribution in [0.1, 0.15) is 44.6 Å². The highest BCUT2D eigenvalue weighted by Crippen LogP contribution is 2.29. The summed E-state index contributed by atoms with van der Waals surface area (Å²) in [5.41, 5.74) is 0.921. The molecule has 8 nitrogen and oxygen atoms in total. The van der Waals surface area contributed by atoms with Crippen molar-refractivity contribution in [3.63, 3.8) is 0 Å². The lowest BCUT2D eigenvalue weighted by Crippen LogP contribution is -2.53. The number of ether oxygens (including phenoxy) is 1. The maximum atomic E-state index is 14.2. The van der Waals surface area contributed by atoms with Gasteiger partial charge in [-0.15, -0.1) is 0 Å². The molecule has 1 fully saturated rings. The minimum Gasteiger partial charge on any atom is -0.457 e. The average Bonchev–Trinajstić information content (AvgIpc) is 3.08. The second kappa shape index (κ2) is 15.3. The molecule has 0 radical (unpaired) electrons. The monoisotopic (exact) mass is 659 g/mol. The Kier molecular flexibility index (Phi) is 11.0. The van der Waals surface area contributed by atoms with Crippen molar-refractivity contribution in [2.75, 3.05) is 10.8 Å². The zero-order chi connectivity index (χ0) is 32.5. The normalized spacial score (nSPS) is 14.2. The highest BCUT2D eigenvalue weighted by atomic mass is 35.5. The van der Waals surface area contributed by atoms with Crippen molar-refractivity contribution < 1.29 is 22.7 Å². The minimum atomic E-state index is -4.19. The van der Waals surface area contributed by atoms with Crippen LogP contribution in [0.15, 0.2) is 114 Å². The predicted octanol–water partition coefficient (Wildman–Crippen LogP) is 7.19. The molecular formula is C36H38ClN3O5S. The molecule has 4 aromatic rings. The Hall–Kier alpha value is -4.34. The first-order valence-electron chi connectivity index (χ1n) is 15.5. The zero-order valence-electron chi connectivity index (χ0n) is 25.7. The van der Waals surface area contributed by atoms with E-state index in [2.05, 4.69) is 5.32 Å². The Morgan fingerprint density at radius 2 is 1.41 bits per heavy atom. The lowest BCUT2D eigenvalue weighted by molar-refractivity contribution is -0.139. The number of nitrogens with zero attached hydrogens (tertiary/aromatic N) is 2. The van der Waals surface area contributed by atoms with Gasteiger partial charge in [0.1, 0.15) is 24.1 Å².